The summed E-state index contributed by atoms with van der Waals surface area (Å²) < 4.78 is 31.8. The van der Waals surface area contributed by atoms with Gasteiger partial charge in [0.2, 0.25) is 0 Å². The van der Waals surface area contributed by atoms with E-state index in [1.165, 1.54) is 35.6 Å². The van der Waals surface area contributed by atoms with Crippen LogP contribution in [0.25, 0.3) is 0 Å². The molecule has 1 amide bonds. The molecule has 144 valence electrons. The lowest BCUT2D eigenvalue weighted by molar-refractivity contribution is -0.124. The van der Waals surface area contributed by atoms with Crippen LogP contribution in [0.4, 0.5) is 8.78 Å². The molecule has 0 fully saturated rings. The van der Waals surface area contributed by atoms with Gasteiger partial charge in [0.05, 0.1) is 11.6 Å². The van der Waals surface area contributed by atoms with Crippen molar-refractivity contribution in [3.63, 3.8) is 0 Å². The minimum absolute atomic E-state index is 0.0317. The fourth-order valence-corrected chi connectivity index (χ4v) is 3.37. The summed E-state index contributed by atoms with van der Waals surface area (Å²) in [5.41, 5.74) is 1.14. The van der Waals surface area contributed by atoms with E-state index in [0.29, 0.717) is 11.1 Å². The Balaban J connectivity index is 1.66. The summed E-state index contributed by atoms with van der Waals surface area (Å²) in [7, 11) is 0. The molecule has 2 aromatic carbocycles. The van der Waals surface area contributed by atoms with Crippen molar-refractivity contribution in [2.45, 2.75) is 13.0 Å². The highest BCUT2D eigenvalue weighted by Gasteiger charge is 2.19. The monoisotopic (exact) mass is 401 g/mol. The van der Waals surface area contributed by atoms with Crippen LogP contribution in [0, 0.1) is 18.6 Å². The Hall–Kier alpha value is -3.06. The van der Waals surface area contributed by atoms with E-state index in [2.05, 4.69) is 5.32 Å². The molecule has 1 N–H and O–H groups in total. The van der Waals surface area contributed by atoms with Gasteiger partial charge in [-0.25, -0.2) is 13.6 Å². The molecule has 0 aliphatic carbocycles. The van der Waals surface area contributed by atoms with Gasteiger partial charge in [-0.3, -0.25) is 4.79 Å². The summed E-state index contributed by atoms with van der Waals surface area (Å²) in [6.07, 6.45) is 0. The zero-order valence-electron chi connectivity index (χ0n) is 14.9. The van der Waals surface area contributed by atoms with Gasteiger partial charge in [-0.15, -0.1) is 11.3 Å². The maximum absolute atomic E-state index is 13.6. The van der Waals surface area contributed by atoms with Crippen molar-refractivity contribution >= 4 is 23.2 Å². The number of nitrogens with one attached hydrogen (secondary N) is 1. The molecule has 1 aromatic heterocycles. The fourth-order valence-electron chi connectivity index (χ4n) is 2.57. The van der Waals surface area contributed by atoms with E-state index in [-0.39, 0.29) is 11.4 Å². The number of benzene rings is 2. The number of esters is 1. The molecule has 0 saturated heterocycles. The van der Waals surface area contributed by atoms with E-state index in [4.69, 9.17) is 4.74 Å². The molecule has 0 spiro atoms. The van der Waals surface area contributed by atoms with Crippen LogP contribution in [0.2, 0.25) is 0 Å². The smallest absolute Gasteiger partial charge is 0.338 e. The summed E-state index contributed by atoms with van der Waals surface area (Å²) in [5, 5.41) is 4.65. The molecule has 7 heteroatoms. The van der Waals surface area contributed by atoms with Gasteiger partial charge < -0.3 is 10.1 Å². The van der Waals surface area contributed by atoms with Crippen molar-refractivity contribution in [1.82, 2.24) is 5.32 Å². The lowest BCUT2D eigenvalue weighted by atomic mass is 10.1. The van der Waals surface area contributed by atoms with E-state index < -0.39 is 30.3 Å². The van der Waals surface area contributed by atoms with Crippen molar-refractivity contribution in [1.29, 1.82) is 0 Å². The molecular weight excluding hydrogens is 384 g/mol. The first-order chi connectivity index (χ1) is 13.4. The minimum atomic E-state index is -0.788. The van der Waals surface area contributed by atoms with Crippen molar-refractivity contribution in [2.75, 3.05) is 6.61 Å². The molecule has 1 atom stereocenters. The van der Waals surface area contributed by atoms with E-state index in [1.807, 2.05) is 17.5 Å². The van der Waals surface area contributed by atoms with Gasteiger partial charge in [0.15, 0.2) is 6.61 Å². The van der Waals surface area contributed by atoms with Gasteiger partial charge >= 0.3 is 5.97 Å². The Morgan fingerprint density at radius 3 is 2.50 bits per heavy atom. The Labute approximate surface area is 164 Å². The zero-order chi connectivity index (χ0) is 20.1. The van der Waals surface area contributed by atoms with Gasteiger partial charge in [-0.1, -0.05) is 24.3 Å². The second-order valence-electron chi connectivity index (χ2n) is 6.11. The molecule has 0 aliphatic rings. The molecule has 1 heterocycles. The predicted octanol–water partition coefficient (Wildman–Crippen LogP) is 4.40. The summed E-state index contributed by atoms with van der Waals surface area (Å²) in [5.74, 6) is -2.21. The zero-order valence-corrected chi connectivity index (χ0v) is 15.8. The number of aryl methyl sites for hydroxylation is 1. The number of rotatable bonds is 6. The van der Waals surface area contributed by atoms with Crippen LogP contribution in [-0.4, -0.2) is 18.5 Å². The predicted molar refractivity (Wildman–Crippen MR) is 102 cm³/mol. The van der Waals surface area contributed by atoms with Gasteiger partial charge in [-0.2, -0.15) is 0 Å². The van der Waals surface area contributed by atoms with Crippen LogP contribution < -0.4 is 5.32 Å². The maximum Gasteiger partial charge on any atom is 0.338 e. The summed E-state index contributed by atoms with van der Waals surface area (Å²) >= 11 is 1.44. The van der Waals surface area contributed by atoms with Crippen LogP contribution >= 0.6 is 11.3 Å². The lowest BCUT2D eigenvalue weighted by Crippen LogP contribution is -2.32. The first-order valence-electron chi connectivity index (χ1n) is 8.45. The third-order valence-corrected chi connectivity index (χ3v) is 5.02. The van der Waals surface area contributed by atoms with E-state index in [1.54, 1.807) is 19.1 Å². The molecule has 3 aromatic rings. The third-order valence-electron chi connectivity index (χ3n) is 4.08. The summed E-state index contributed by atoms with van der Waals surface area (Å²) in [4.78, 5) is 25.2. The molecule has 0 bridgehead atoms. The highest BCUT2D eigenvalue weighted by Crippen LogP contribution is 2.26. The number of hydrogen-bond acceptors (Lipinski definition) is 4. The Bertz CT molecular complexity index is 972. The quantitative estimate of drug-likeness (QED) is 0.623. The highest BCUT2D eigenvalue weighted by atomic mass is 32.1. The minimum Gasteiger partial charge on any atom is -0.452 e. The number of thiophene rings is 1. The van der Waals surface area contributed by atoms with Crippen LogP contribution in [0.1, 0.15) is 32.4 Å². The average molecular weight is 401 g/mol. The van der Waals surface area contributed by atoms with E-state index in [0.717, 1.165) is 10.9 Å². The molecular formula is C21H17F2NO3S. The van der Waals surface area contributed by atoms with Gasteiger partial charge in [0, 0.05) is 4.88 Å². The molecule has 4 nitrogen and oxygen atoms in total. The van der Waals surface area contributed by atoms with Crippen molar-refractivity contribution in [3.8, 4) is 0 Å². The normalized spacial score (nSPS) is 11.7. The van der Waals surface area contributed by atoms with Crippen molar-refractivity contribution in [3.05, 3.63) is 93.2 Å². The second kappa shape index (κ2) is 8.75. The summed E-state index contributed by atoms with van der Waals surface area (Å²) in [6, 6.07) is 13.0. The van der Waals surface area contributed by atoms with Crippen LogP contribution in [-0.2, 0) is 9.53 Å². The topological polar surface area (TPSA) is 55.4 Å². The van der Waals surface area contributed by atoms with Crippen LogP contribution in [0.15, 0.2) is 60.0 Å². The fraction of sp³-hybridized carbons (Fsp3) is 0.143. The molecule has 0 radical (unpaired) electrons. The lowest BCUT2D eigenvalue weighted by Gasteiger charge is -2.18. The van der Waals surface area contributed by atoms with Gasteiger partial charge in [-0.05, 0) is 53.8 Å². The van der Waals surface area contributed by atoms with Gasteiger partial charge in [0.25, 0.3) is 5.91 Å². The molecule has 0 saturated carbocycles. The second-order valence-corrected chi connectivity index (χ2v) is 7.09. The SMILES string of the molecule is Cc1ccc(C(=O)OCC(=O)N[C@H](c2ccc(F)cc2)c2cccs2)cc1F. The number of hydrogen-bond donors (Lipinski definition) is 1. The maximum atomic E-state index is 13.6. The molecule has 28 heavy (non-hydrogen) atoms. The highest BCUT2D eigenvalue weighted by molar-refractivity contribution is 7.10. The molecule has 0 unspecified atom stereocenters. The number of carbonyl (C=O) groups is 2. The Morgan fingerprint density at radius 2 is 1.86 bits per heavy atom. The van der Waals surface area contributed by atoms with Crippen molar-refractivity contribution < 1.29 is 23.1 Å². The number of carbonyl (C=O) groups excluding carboxylic acids is 2. The number of halogens is 2. The molecule has 3 rings (SSSR count). The third kappa shape index (κ3) is 4.80. The van der Waals surface area contributed by atoms with E-state index >= 15 is 0 Å². The van der Waals surface area contributed by atoms with Crippen LogP contribution in [0.3, 0.4) is 0 Å². The van der Waals surface area contributed by atoms with Crippen molar-refractivity contribution in [2.24, 2.45) is 0 Å². The molecule has 0 aliphatic heterocycles. The Morgan fingerprint density at radius 1 is 1.11 bits per heavy atom. The van der Waals surface area contributed by atoms with E-state index in [9.17, 15) is 18.4 Å². The Kier molecular flexibility index (Phi) is 6.16. The van der Waals surface area contributed by atoms with Crippen LogP contribution in [0.5, 0.6) is 0 Å². The largest absolute Gasteiger partial charge is 0.452 e. The first-order valence-corrected chi connectivity index (χ1v) is 9.33. The average Bonchev–Trinajstić information content (AvgIpc) is 3.21. The first kappa shape index (κ1) is 19.7. The standard InChI is InChI=1S/C21H17F2NO3S/c1-13-4-5-15(11-17(13)23)21(26)27-12-19(25)24-20(18-3-2-10-28-18)14-6-8-16(22)9-7-14/h2-11,20H,12H2,1H3,(H,24,25)/t20-/m1/s1. The van der Waals surface area contributed by atoms with Gasteiger partial charge in [0.1, 0.15) is 11.6 Å². The number of ether oxygens (including phenoxy) is 1. The number of amides is 1. The summed E-state index contributed by atoms with van der Waals surface area (Å²) in [6.45, 7) is 1.06.